The van der Waals surface area contributed by atoms with E-state index >= 15 is 0 Å². The Hall–Kier alpha value is -1.55. The van der Waals surface area contributed by atoms with Crippen LogP contribution in [0.25, 0.3) is 0 Å². The van der Waals surface area contributed by atoms with Gasteiger partial charge in [-0.15, -0.1) is 0 Å². The van der Waals surface area contributed by atoms with E-state index in [2.05, 4.69) is 47.6 Å². The van der Waals surface area contributed by atoms with Gasteiger partial charge in [-0.3, -0.25) is 4.79 Å². The summed E-state index contributed by atoms with van der Waals surface area (Å²) in [5.74, 6) is 0.112. The highest BCUT2D eigenvalue weighted by molar-refractivity contribution is 5.86. The number of carbonyl (C=O) groups excluding carboxylic acids is 1. The second kappa shape index (κ2) is 6.06. The number of piperazine rings is 1. The molecule has 1 aliphatic rings. The van der Waals surface area contributed by atoms with Crippen molar-refractivity contribution in [1.29, 1.82) is 0 Å². The Morgan fingerprint density at radius 2 is 2.26 bits per heavy atom. The van der Waals surface area contributed by atoms with Crippen LogP contribution < -0.4 is 15.5 Å². The van der Waals surface area contributed by atoms with Crippen LogP contribution in [0.3, 0.4) is 0 Å². The van der Waals surface area contributed by atoms with E-state index in [9.17, 15) is 4.79 Å². The molecule has 0 aromatic heterocycles. The highest BCUT2D eigenvalue weighted by Gasteiger charge is 2.26. The minimum Gasteiger partial charge on any atom is -0.358 e. The van der Waals surface area contributed by atoms with Crippen LogP contribution in [0.1, 0.15) is 25.0 Å². The molecule has 4 nitrogen and oxygen atoms in total. The normalized spacial score (nSPS) is 19.4. The van der Waals surface area contributed by atoms with E-state index < -0.39 is 0 Å². The fourth-order valence-corrected chi connectivity index (χ4v) is 2.51. The van der Waals surface area contributed by atoms with E-state index in [-0.39, 0.29) is 11.9 Å². The molecular weight excluding hydrogens is 238 g/mol. The Morgan fingerprint density at radius 1 is 1.47 bits per heavy atom. The average Bonchev–Trinajstić information content (AvgIpc) is 2.40. The monoisotopic (exact) mass is 261 g/mol. The first-order valence-electron chi connectivity index (χ1n) is 6.98. The Balaban J connectivity index is 2.29. The van der Waals surface area contributed by atoms with Gasteiger partial charge in [0.1, 0.15) is 6.04 Å². The van der Waals surface area contributed by atoms with Crippen molar-refractivity contribution < 1.29 is 4.79 Å². The molecule has 0 saturated carbocycles. The standard InChI is InChI=1S/C15H23N3O/c1-4-16-10-13-9-11(2)5-6-14(13)18-8-7-17-15(19)12(18)3/h5-6,9,12,16H,4,7-8,10H2,1-3H3,(H,17,19). The molecule has 0 spiro atoms. The van der Waals surface area contributed by atoms with Gasteiger partial charge in [0.2, 0.25) is 5.91 Å². The number of hydrogen-bond acceptors (Lipinski definition) is 3. The van der Waals surface area contributed by atoms with Gasteiger partial charge in [-0.05, 0) is 32.0 Å². The second-order valence-corrected chi connectivity index (χ2v) is 5.07. The van der Waals surface area contributed by atoms with Crippen LogP contribution in [-0.4, -0.2) is 31.6 Å². The maximum absolute atomic E-state index is 11.8. The van der Waals surface area contributed by atoms with Gasteiger partial charge in [-0.1, -0.05) is 24.6 Å². The van der Waals surface area contributed by atoms with Crippen molar-refractivity contribution in [2.75, 3.05) is 24.5 Å². The Kier molecular flexibility index (Phi) is 4.43. The summed E-state index contributed by atoms with van der Waals surface area (Å²) in [6.07, 6.45) is 0. The van der Waals surface area contributed by atoms with E-state index in [1.807, 2.05) is 6.92 Å². The number of hydrogen-bond donors (Lipinski definition) is 2. The molecule has 0 aliphatic carbocycles. The maximum atomic E-state index is 11.8. The molecule has 1 unspecified atom stereocenters. The van der Waals surface area contributed by atoms with Crippen LogP contribution in [0.2, 0.25) is 0 Å². The first-order chi connectivity index (χ1) is 9.13. The van der Waals surface area contributed by atoms with Crippen molar-refractivity contribution in [3.63, 3.8) is 0 Å². The fourth-order valence-electron chi connectivity index (χ4n) is 2.51. The van der Waals surface area contributed by atoms with Crippen LogP contribution in [0.15, 0.2) is 18.2 Å². The molecule has 19 heavy (non-hydrogen) atoms. The predicted octanol–water partition coefficient (Wildman–Crippen LogP) is 1.43. The number of rotatable bonds is 4. The van der Waals surface area contributed by atoms with Gasteiger partial charge in [0.15, 0.2) is 0 Å². The van der Waals surface area contributed by atoms with E-state index in [1.165, 1.54) is 16.8 Å². The zero-order chi connectivity index (χ0) is 13.8. The third-order valence-corrected chi connectivity index (χ3v) is 3.61. The van der Waals surface area contributed by atoms with E-state index in [1.54, 1.807) is 0 Å². The summed E-state index contributed by atoms with van der Waals surface area (Å²) in [6.45, 7) is 9.55. The van der Waals surface area contributed by atoms with Crippen LogP contribution in [0, 0.1) is 6.92 Å². The molecule has 0 bridgehead atoms. The molecular formula is C15H23N3O. The molecule has 2 rings (SSSR count). The number of nitrogens with one attached hydrogen (secondary N) is 2. The van der Waals surface area contributed by atoms with Crippen molar-refractivity contribution in [2.45, 2.75) is 33.4 Å². The largest absolute Gasteiger partial charge is 0.358 e. The lowest BCUT2D eigenvalue weighted by Crippen LogP contribution is -2.54. The number of benzene rings is 1. The minimum atomic E-state index is -0.100. The van der Waals surface area contributed by atoms with Crippen LogP contribution >= 0.6 is 0 Å². The zero-order valence-corrected chi connectivity index (χ0v) is 12.0. The number of carbonyl (C=O) groups is 1. The Labute approximate surface area is 115 Å². The molecule has 1 aliphatic heterocycles. The van der Waals surface area contributed by atoms with Gasteiger partial charge in [-0.25, -0.2) is 0 Å². The van der Waals surface area contributed by atoms with Crippen molar-refractivity contribution >= 4 is 11.6 Å². The van der Waals surface area contributed by atoms with Gasteiger partial charge in [0.05, 0.1) is 0 Å². The number of nitrogens with zero attached hydrogens (tertiary/aromatic N) is 1. The summed E-state index contributed by atoms with van der Waals surface area (Å²) in [6, 6.07) is 6.36. The smallest absolute Gasteiger partial charge is 0.242 e. The zero-order valence-electron chi connectivity index (χ0n) is 12.0. The molecule has 1 fully saturated rings. The molecule has 1 saturated heterocycles. The summed E-state index contributed by atoms with van der Waals surface area (Å²) in [5.41, 5.74) is 3.70. The van der Waals surface area contributed by atoms with Crippen LogP contribution in [0.5, 0.6) is 0 Å². The molecule has 104 valence electrons. The summed E-state index contributed by atoms with van der Waals surface area (Å²) >= 11 is 0. The lowest BCUT2D eigenvalue weighted by atomic mass is 10.1. The van der Waals surface area contributed by atoms with Crippen molar-refractivity contribution in [3.05, 3.63) is 29.3 Å². The summed E-state index contributed by atoms with van der Waals surface area (Å²) in [7, 11) is 0. The van der Waals surface area contributed by atoms with Gasteiger partial charge in [0, 0.05) is 25.3 Å². The van der Waals surface area contributed by atoms with Crippen molar-refractivity contribution in [3.8, 4) is 0 Å². The van der Waals surface area contributed by atoms with Gasteiger partial charge in [-0.2, -0.15) is 0 Å². The molecule has 4 heteroatoms. The first-order valence-corrected chi connectivity index (χ1v) is 6.98. The Morgan fingerprint density at radius 3 is 3.00 bits per heavy atom. The van der Waals surface area contributed by atoms with Gasteiger partial charge < -0.3 is 15.5 Å². The summed E-state index contributed by atoms with van der Waals surface area (Å²) in [5, 5.41) is 6.28. The number of amides is 1. The average molecular weight is 261 g/mol. The topological polar surface area (TPSA) is 44.4 Å². The lowest BCUT2D eigenvalue weighted by Gasteiger charge is -2.36. The molecule has 1 aromatic carbocycles. The SMILES string of the molecule is CCNCc1cc(C)ccc1N1CCNC(=O)C1C. The van der Waals surface area contributed by atoms with E-state index in [0.29, 0.717) is 0 Å². The van der Waals surface area contributed by atoms with Gasteiger partial charge >= 0.3 is 0 Å². The highest BCUT2D eigenvalue weighted by atomic mass is 16.2. The predicted molar refractivity (Wildman–Crippen MR) is 78.4 cm³/mol. The van der Waals surface area contributed by atoms with Crippen LogP contribution in [0.4, 0.5) is 5.69 Å². The summed E-state index contributed by atoms with van der Waals surface area (Å²) < 4.78 is 0. The maximum Gasteiger partial charge on any atom is 0.242 e. The molecule has 1 heterocycles. The third-order valence-electron chi connectivity index (χ3n) is 3.61. The Bertz CT molecular complexity index is 459. The molecule has 0 radical (unpaired) electrons. The minimum absolute atomic E-state index is 0.100. The third kappa shape index (κ3) is 3.07. The van der Waals surface area contributed by atoms with E-state index in [0.717, 1.165) is 26.2 Å². The highest BCUT2D eigenvalue weighted by Crippen LogP contribution is 2.25. The van der Waals surface area contributed by atoms with Crippen molar-refractivity contribution in [2.24, 2.45) is 0 Å². The second-order valence-electron chi connectivity index (χ2n) is 5.07. The molecule has 1 atom stereocenters. The number of anilines is 1. The fraction of sp³-hybridized carbons (Fsp3) is 0.533. The quantitative estimate of drug-likeness (QED) is 0.862. The molecule has 2 N–H and O–H groups in total. The lowest BCUT2D eigenvalue weighted by molar-refractivity contribution is -0.122. The van der Waals surface area contributed by atoms with Gasteiger partial charge in [0.25, 0.3) is 0 Å². The van der Waals surface area contributed by atoms with E-state index in [4.69, 9.17) is 0 Å². The number of aryl methyl sites for hydroxylation is 1. The van der Waals surface area contributed by atoms with Crippen LogP contribution in [-0.2, 0) is 11.3 Å². The molecule has 1 amide bonds. The van der Waals surface area contributed by atoms with Crippen molar-refractivity contribution in [1.82, 2.24) is 10.6 Å². The first kappa shape index (κ1) is 13.9. The summed E-state index contributed by atoms with van der Waals surface area (Å²) in [4.78, 5) is 14.0. The molecule has 1 aromatic rings.